The van der Waals surface area contributed by atoms with Crippen LogP contribution >= 0.6 is 0 Å². The fraction of sp³-hybridized carbons (Fsp3) is 0.185. The summed E-state index contributed by atoms with van der Waals surface area (Å²) in [6, 6.07) is 25.6. The van der Waals surface area contributed by atoms with E-state index in [-0.39, 0.29) is 24.3 Å². The van der Waals surface area contributed by atoms with Gasteiger partial charge in [0.25, 0.3) is 5.91 Å². The Morgan fingerprint density at radius 1 is 1.03 bits per heavy atom. The van der Waals surface area contributed by atoms with Gasteiger partial charge in [-0.25, -0.2) is 0 Å². The van der Waals surface area contributed by atoms with Crippen LogP contribution in [0.2, 0.25) is 0 Å². The van der Waals surface area contributed by atoms with Gasteiger partial charge in [-0.3, -0.25) is 9.59 Å². The van der Waals surface area contributed by atoms with Crippen molar-refractivity contribution < 1.29 is 14.3 Å². The van der Waals surface area contributed by atoms with Crippen LogP contribution in [0.25, 0.3) is 10.9 Å². The summed E-state index contributed by atoms with van der Waals surface area (Å²) in [5.41, 5.74) is 3.99. The third kappa shape index (κ3) is 4.07. The van der Waals surface area contributed by atoms with Gasteiger partial charge in [0.05, 0.1) is 12.2 Å². The number of para-hydroxylation sites is 3. The van der Waals surface area contributed by atoms with E-state index in [9.17, 15) is 9.59 Å². The average Bonchev–Trinajstić information content (AvgIpc) is 3.28. The summed E-state index contributed by atoms with van der Waals surface area (Å²) in [7, 11) is 0. The second kappa shape index (κ2) is 8.82. The van der Waals surface area contributed by atoms with E-state index in [4.69, 9.17) is 4.74 Å². The van der Waals surface area contributed by atoms with Crippen molar-refractivity contribution in [2.45, 2.75) is 18.9 Å². The number of benzene rings is 3. The van der Waals surface area contributed by atoms with Crippen molar-refractivity contribution in [2.75, 3.05) is 18.0 Å². The fourth-order valence-electron chi connectivity index (χ4n) is 4.46. The molecule has 0 bridgehead atoms. The third-order valence-corrected chi connectivity index (χ3v) is 6.13. The number of rotatable bonds is 5. The van der Waals surface area contributed by atoms with Crippen molar-refractivity contribution in [2.24, 2.45) is 0 Å². The lowest BCUT2D eigenvalue weighted by Crippen LogP contribution is -2.50. The molecule has 33 heavy (non-hydrogen) atoms. The number of aromatic nitrogens is 1. The number of hydrogen-bond donors (Lipinski definition) is 2. The van der Waals surface area contributed by atoms with Crippen LogP contribution in [-0.4, -0.2) is 36.0 Å². The molecule has 5 rings (SSSR count). The molecule has 2 atom stereocenters. The smallest absolute Gasteiger partial charge is 0.263 e. The summed E-state index contributed by atoms with van der Waals surface area (Å²) < 4.78 is 5.96. The number of amides is 2. The Balaban J connectivity index is 1.39. The normalized spacial score (nSPS) is 16.0. The maximum absolute atomic E-state index is 13.2. The molecular weight excluding hydrogens is 414 g/mol. The van der Waals surface area contributed by atoms with E-state index in [0.717, 1.165) is 22.0 Å². The van der Waals surface area contributed by atoms with Crippen molar-refractivity contribution >= 4 is 28.4 Å². The molecule has 1 aliphatic rings. The SMILES string of the molecule is CC(=O)N1C[C@H](C(=O)NC[C@@H](c2ccccc2)c2c[nH]c3ccccc23)Oc2ccccc21. The van der Waals surface area contributed by atoms with Crippen molar-refractivity contribution in [1.82, 2.24) is 10.3 Å². The number of hydrogen-bond acceptors (Lipinski definition) is 3. The molecule has 2 N–H and O–H groups in total. The number of ether oxygens (including phenoxy) is 1. The zero-order chi connectivity index (χ0) is 22.8. The average molecular weight is 440 g/mol. The first kappa shape index (κ1) is 20.8. The zero-order valence-corrected chi connectivity index (χ0v) is 18.3. The molecule has 0 saturated heterocycles. The summed E-state index contributed by atoms with van der Waals surface area (Å²) in [6.07, 6.45) is 1.24. The van der Waals surface area contributed by atoms with Gasteiger partial charge in [0.2, 0.25) is 5.91 Å². The van der Waals surface area contributed by atoms with Gasteiger partial charge in [-0.05, 0) is 29.3 Å². The van der Waals surface area contributed by atoms with Crippen LogP contribution in [0.3, 0.4) is 0 Å². The number of anilines is 1. The second-order valence-corrected chi connectivity index (χ2v) is 8.20. The van der Waals surface area contributed by atoms with Crippen LogP contribution in [0, 0.1) is 0 Å². The van der Waals surface area contributed by atoms with E-state index < -0.39 is 6.10 Å². The zero-order valence-electron chi connectivity index (χ0n) is 18.3. The second-order valence-electron chi connectivity index (χ2n) is 8.20. The molecule has 166 valence electrons. The highest BCUT2D eigenvalue weighted by Gasteiger charge is 2.33. The highest BCUT2D eigenvalue weighted by atomic mass is 16.5. The Morgan fingerprint density at radius 2 is 1.76 bits per heavy atom. The van der Waals surface area contributed by atoms with Crippen LogP contribution in [0.5, 0.6) is 5.75 Å². The Hall–Kier alpha value is -4.06. The van der Waals surface area contributed by atoms with Crippen LogP contribution < -0.4 is 15.0 Å². The van der Waals surface area contributed by atoms with Crippen molar-refractivity contribution in [1.29, 1.82) is 0 Å². The molecule has 1 aromatic heterocycles. The first-order valence-corrected chi connectivity index (χ1v) is 11.0. The predicted molar refractivity (Wildman–Crippen MR) is 128 cm³/mol. The molecule has 3 aromatic carbocycles. The van der Waals surface area contributed by atoms with Gasteiger partial charge in [0.15, 0.2) is 6.10 Å². The van der Waals surface area contributed by atoms with Gasteiger partial charge in [-0.1, -0.05) is 60.7 Å². The molecule has 0 unspecified atom stereocenters. The van der Waals surface area contributed by atoms with Gasteiger partial charge in [0.1, 0.15) is 5.75 Å². The molecule has 6 heteroatoms. The number of H-pyrrole nitrogens is 1. The molecule has 6 nitrogen and oxygen atoms in total. The molecule has 2 amide bonds. The van der Waals surface area contributed by atoms with E-state index in [2.05, 4.69) is 28.5 Å². The quantitative estimate of drug-likeness (QED) is 0.489. The molecule has 0 fully saturated rings. The topological polar surface area (TPSA) is 74.4 Å². The highest BCUT2D eigenvalue weighted by molar-refractivity contribution is 5.96. The van der Waals surface area contributed by atoms with Crippen LogP contribution in [0.1, 0.15) is 24.0 Å². The van der Waals surface area contributed by atoms with Crippen molar-refractivity contribution in [3.63, 3.8) is 0 Å². The number of aromatic amines is 1. The fourth-order valence-corrected chi connectivity index (χ4v) is 4.46. The van der Waals surface area contributed by atoms with Crippen LogP contribution in [0.15, 0.2) is 85.1 Å². The molecule has 4 aromatic rings. The Morgan fingerprint density at radius 3 is 2.58 bits per heavy atom. The van der Waals surface area contributed by atoms with E-state index in [1.807, 2.05) is 60.8 Å². The Bertz CT molecular complexity index is 1300. The largest absolute Gasteiger partial charge is 0.477 e. The van der Waals surface area contributed by atoms with Gasteiger partial charge >= 0.3 is 0 Å². The summed E-state index contributed by atoms with van der Waals surface area (Å²) in [5, 5.41) is 4.21. The van der Waals surface area contributed by atoms with Gasteiger partial charge in [0, 0.05) is 36.5 Å². The van der Waals surface area contributed by atoms with Crippen LogP contribution in [-0.2, 0) is 9.59 Å². The molecule has 0 aliphatic carbocycles. The first-order chi connectivity index (χ1) is 16.1. The lowest BCUT2D eigenvalue weighted by molar-refractivity contribution is -0.128. The van der Waals surface area contributed by atoms with E-state index in [0.29, 0.717) is 18.0 Å². The summed E-state index contributed by atoms with van der Waals surface area (Å²) in [4.78, 5) is 30.3. The summed E-state index contributed by atoms with van der Waals surface area (Å²) in [6.45, 7) is 2.09. The minimum Gasteiger partial charge on any atom is -0.477 e. The van der Waals surface area contributed by atoms with Gasteiger partial charge in [-0.2, -0.15) is 0 Å². The summed E-state index contributed by atoms with van der Waals surface area (Å²) >= 11 is 0. The first-order valence-electron chi connectivity index (χ1n) is 11.0. The van der Waals surface area contributed by atoms with Crippen LogP contribution in [0.4, 0.5) is 5.69 Å². The van der Waals surface area contributed by atoms with Gasteiger partial charge < -0.3 is 19.9 Å². The number of fused-ring (bicyclic) bond motifs is 2. The Labute approximate surface area is 192 Å². The van der Waals surface area contributed by atoms with Gasteiger partial charge in [-0.15, -0.1) is 0 Å². The number of nitrogens with zero attached hydrogens (tertiary/aromatic N) is 1. The van der Waals surface area contributed by atoms with Crippen molar-refractivity contribution in [3.8, 4) is 5.75 Å². The summed E-state index contributed by atoms with van der Waals surface area (Å²) in [5.74, 6) is 0.141. The maximum Gasteiger partial charge on any atom is 0.263 e. The van der Waals surface area contributed by atoms with E-state index in [1.54, 1.807) is 11.0 Å². The Kier molecular flexibility index (Phi) is 5.57. The monoisotopic (exact) mass is 439 g/mol. The van der Waals surface area contributed by atoms with E-state index >= 15 is 0 Å². The number of carbonyl (C=O) groups is 2. The molecule has 1 aliphatic heterocycles. The predicted octanol–water partition coefficient (Wildman–Crippen LogP) is 4.23. The number of carbonyl (C=O) groups excluding carboxylic acids is 2. The molecule has 2 heterocycles. The molecule has 0 spiro atoms. The molecular formula is C27H25N3O3. The maximum atomic E-state index is 13.2. The third-order valence-electron chi connectivity index (χ3n) is 6.13. The standard InChI is InChI=1S/C27H25N3O3/c1-18(31)30-17-26(33-25-14-8-7-13-24(25)30)27(32)29-15-21(19-9-3-2-4-10-19)22-16-28-23-12-6-5-11-20(22)23/h2-14,16,21,26,28H,15,17H2,1H3,(H,29,32)/t21-,26+/m0/s1. The lowest BCUT2D eigenvalue weighted by atomic mass is 9.91. The molecule has 0 radical (unpaired) electrons. The molecule has 0 saturated carbocycles. The van der Waals surface area contributed by atoms with E-state index in [1.165, 1.54) is 6.92 Å². The minimum absolute atomic E-state index is 0.0360. The number of nitrogens with one attached hydrogen (secondary N) is 2. The lowest BCUT2D eigenvalue weighted by Gasteiger charge is -2.33. The highest BCUT2D eigenvalue weighted by Crippen LogP contribution is 2.34. The minimum atomic E-state index is -0.775. The van der Waals surface area contributed by atoms with Crippen molar-refractivity contribution in [3.05, 3.63) is 96.2 Å².